The molecule has 128 valence electrons. The maximum Gasteiger partial charge on any atom is 0.289 e. The zero-order chi connectivity index (χ0) is 17.1. The summed E-state index contributed by atoms with van der Waals surface area (Å²) in [4.78, 5) is 14.3. The number of hydrogen-bond donors (Lipinski definition) is 0. The van der Waals surface area contributed by atoms with Gasteiger partial charge < -0.3 is 9.32 Å². The fourth-order valence-electron chi connectivity index (χ4n) is 3.19. The molecule has 1 aliphatic rings. The first kappa shape index (κ1) is 16.0. The summed E-state index contributed by atoms with van der Waals surface area (Å²) in [6.45, 7) is 1.45. The van der Waals surface area contributed by atoms with Crippen LogP contribution in [0.5, 0.6) is 0 Å². The standard InChI is InChI=1S/C19H19N3O2S/c23-19(16-9-5-11-24-16)22-10-4-8-15(13-22)18-21-20-17(25-18)12-14-6-2-1-3-7-14/h1-3,5-7,9,11,15H,4,8,10,12-13H2/t15-/m1/s1. The molecule has 3 aromatic rings. The number of amides is 1. The summed E-state index contributed by atoms with van der Waals surface area (Å²) in [7, 11) is 0. The fourth-order valence-corrected chi connectivity index (χ4v) is 4.20. The van der Waals surface area contributed by atoms with Gasteiger partial charge in [0.15, 0.2) is 5.76 Å². The Morgan fingerprint density at radius 3 is 2.88 bits per heavy atom. The molecule has 0 spiro atoms. The number of furan rings is 1. The van der Waals surface area contributed by atoms with Gasteiger partial charge in [0.2, 0.25) is 0 Å². The van der Waals surface area contributed by atoms with Crippen molar-refractivity contribution < 1.29 is 9.21 Å². The van der Waals surface area contributed by atoms with Gasteiger partial charge in [0.05, 0.1) is 6.26 Å². The molecule has 2 aromatic heterocycles. The van der Waals surface area contributed by atoms with Crippen molar-refractivity contribution in [1.82, 2.24) is 15.1 Å². The van der Waals surface area contributed by atoms with Crippen molar-refractivity contribution in [3.63, 3.8) is 0 Å². The van der Waals surface area contributed by atoms with Crippen molar-refractivity contribution in [3.8, 4) is 0 Å². The Morgan fingerprint density at radius 1 is 1.20 bits per heavy atom. The van der Waals surface area contributed by atoms with Crippen LogP contribution in [0.4, 0.5) is 0 Å². The largest absolute Gasteiger partial charge is 0.459 e. The van der Waals surface area contributed by atoms with E-state index >= 15 is 0 Å². The Bertz CT molecular complexity index is 829. The summed E-state index contributed by atoms with van der Waals surface area (Å²) in [6, 6.07) is 13.8. The molecular formula is C19H19N3O2S. The maximum absolute atomic E-state index is 12.5. The van der Waals surface area contributed by atoms with Gasteiger partial charge in [0.25, 0.3) is 5.91 Å². The predicted molar refractivity (Wildman–Crippen MR) is 95.7 cm³/mol. The maximum atomic E-state index is 12.5. The van der Waals surface area contributed by atoms with Gasteiger partial charge in [-0.15, -0.1) is 21.5 Å². The van der Waals surface area contributed by atoms with Crippen LogP contribution >= 0.6 is 11.3 Å². The molecule has 1 amide bonds. The van der Waals surface area contributed by atoms with E-state index in [1.54, 1.807) is 23.5 Å². The van der Waals surface area contributed by atoms with Gasteiger partial charge in [-0.25, -0.2) is 0 Å². The molecule has 1 aliphatic heterocycles. The topological polar surface area (TPSA) is 59.2 Å². The first-order valence-electron chi connectivity index (χ1n) is 8.48. The minimum absolute atomic E-state index is 0.0382. The van der Waals surface area contributed by atoms with E-state index in [0.717, 1.165) is 35.8 Å². The fraction of sp³-hybridized carbons (Fsp3) is 0.316. The molecule has 0 aliphatic carbocycles. The molecule has 1 fully saturated rings. The van der Waals surface area contributed by atoms with Crippen LogP contribution in [0.1, 0.15) is 44.9 Å². The number of carbonyl (C=O) groups excluding carboxylic acids is 1. The van der Waals surface area contributed by atoms with Gasteiger partial charge in [-0.05, 0) is 30.5 Å². The van der Waals surface area contributed by atoms with Crippen LogP contribution in [0.25, 0.3) is 0 Å². The lowest BCUT2D eigenvalue weighted by Gasteiger charge is -2.30. The number of aromatic nitrogens is 2. The lowest BCUT2D eigenvalue weighted by molar-refractivity contribution is 0.0674. The van der Waals surface area contributed by atoms with Crippen molar-refractivity contribution in [2.24, 2.45) is 0 Å². The third-order valence-electron chi connectivity index (χ3n) is 4.47. The average molecular weight is 353 g/mol. The molecule has 0 N–H and O–H groups in total. The third kappa shape index (κ3) is 3.64. The highest BCUT2D eigenvalue weighted by Gasteiger charge is 2.28. The molecule has 0 radical (unpaired) electrons. The second kappa shape index (κ2) is 7.19. The molecule has 3 heterocycles. The van der Waals surface area contributed by atoms with Crippen LogP contribution in [-0.4, -0.2) is 34.1 Å². The van der Waals surface area contributed by atoms with Gasteiger partial charge in [0, 0.05) is 25.4 Å². The Kier molecular flexibility index (Phi) is 4.61. The second-order valence-corrected chi connectivity index (χ2v) is 7.36. The van der Waals surface area contributed by atoms with Crippen molar-refractivity contribution in [1.29, 1.82) is 0 Å². The van der Waals surface area contributed by atoms with E-state index in [0.29, 0.717) is 12.3 Å². The van der Waals surface area contributed by atoms with Gasteiger partial charge >= 0.3 is 0 Å². The van der Waals surface area contributed by atoms with E-state index in [4.69, 9.17) is 4.42 Å². The van der Waals surface area contributed by atoms with Crippen LogP contribution in [0.3, 0.4) is 0 Å². The number of nitrogens with zero attached hydrogens (tertiary/aromatic N) is 3. The monoisotopic (exact) mass is 353 g/mol. The lowest BCUT2D eigenvalue weighted by atomic mass is 9.98. The molecule has 1 saturated heterocycles. The summed E-state index contributed by atoms with van der Waals surface area (Å²) < 4.78 is 5.24. The summed E-state index contributed by atoms with van der Waals surface area (Å²) in [5.41, 5.74) is 1.24. The van der Waals surface area contributed by atoms with E-state index in [-0.39, 0.29) is 11.8 Å². The van der Waals surface area contributed by atoms with E-state index < -0.39 is 0 Å². The number of benzene rings is 1. The SMILES string of the molecule is O=C(c1ccco1)N1CCC[C@@H](c2nnc(Cc3ccccc3)s2)C1. The van der Waals surface area contributed by atoms with Crippen molar-refractivity contribution in [3.05, 3.63) is 70.1 Å². The summed E-state index contributed by atoms with van der Waals surface area (Å²) in [6.07, 6.45) is 4.36. The van der Waals surface area contributed by atoms with E-state index in [1.165, 1.54) is 11.8 Å². The van der Waals surface area contributed by atoms with Gasteiger partial charge in [0.1, 0.15) is 10.0 Å². The van der Waals surface area contributed by atoms with Crippen LogP contribution < -0.4 is 0 Å². The van der Waals surface area contributed by atoms with Crippen LogP contribution in [0.2, 0.25) is 0 Å². The number of piperidine rings is 1. The molecule has 1 atom stereocenters. The number of hydrogen-bond acceptors (Lipinski definition) is 5. The Balaban J connectivity index is 1.44. The van der Waals surface area contributed by atoms with Crippen LogP contribution in [0.15, 0.2) is 53.1 Å². The summed E-state index contributed by atoms with van der Waals surface area (Å²) >= 11 is 1.66. The van der Waals surface area contributed by atoms with E-state index in [2.05, 4.69) is 22.3 Å². The van der Waals surface area contributed by atoms with E-state index in [9.17, 15) is 4.79 Å². The molecule has 6 heteroatoms. The minimum atomic E-state index is -0.0382. The van der Waals surface area contributed by atoms with Crippen LogP contribution in [-0.2, 0) is 6.42 Å². The highest BCUT2D eigenvalue weighted by molar-refractivity contribution is 7.11. The first-order valence-corrected chi connectivity index (χ1v) is 9.30. The Labute approximate surface area is 150 Å². The Hall–Kier alpha value is -2.47. The Morgan fingerprint density at radius 2 is 2.08 bits per heavy atom. The van der Waals surface area contributed by atoms with Crippen LogP contribution in [0, 0.1) is 0 Å². The van der Waals surface area contributed by atoms with Gasteiger partial charge in [-0.2, -0.15) is 0 Å². The molecule has 0 unspecified atom stereocenters. The van der Waals surface area contributed by atoms with E-state index in [1.807, 2.05) is 23.1 Å². The number of likely N-dealkylation sites (tertiary alicyclic amines) is 1. The molecule has 0 bridgehead atoms. The van der Waals surface area contributed by atoms with Gasteiger partial charge in [-0.3, -0.25) is 4.79 Å². The molecular weight excluding hydrogens is 334 g/mol. The first-order chi connectivity index (χ1) is 12.3. The normalized spacial score (nSPS) is 17.6. The smallest absolute Gasteiger partial charge is 0.289 e. The molecule has 5 nitrogen and oxygen atoms in total. The molecule has 25 heavy (non-hydrogen) atoms. The summed E-state index contributed by atoms with van der Waals surface area (Å²) in [5, 5.41) is 10.8. The zero-order valence-corrected chi connectivity index (χ0v) is 14.6. The number of rotatable bonds is 4. The van der Waals surface area contributed by atoms with Crippen molar-refractivity contribution >= 4 is 17.2 Å². The minimum Gasteiger partial charge on any atom is -0.459 e. The third-order valence-corrected chi connectivity index (χ3v) is 5.56. The highest BCUT2D eigenvalue weighted by Crippen LogP contribution is 2.30. The molecule has 4 rings (SSSR count). The zero-order valence-electron chi connectivity index (χ0n) is 13.8. The predicted octanol–water partition coefficient (Wildman–Crippen LogP) is 3.74. The van der Waals surface area contributed by atoms with Crippen molar-refractivity contribution in [2.45, 2.75) is 25.2 Å². The lowest BCUT2D eigenvalue weighted by Crippen LogP contribution is -2.38. The quantitative estimate of drug-likeness (QED) is 0.717. The summed E-state index contributed by atoms with van der Waals surface area (Å²) in [5.74, 6) is 0.626. The molecule has 1 aromatic carbocycles. The number of carbonyl (C=O) groups is 1. The van der Waals surface area contributed by atoms with Gasteiger partial charge in [-0.1, -0.05) is 30.3 Å². The second-order valence-electron chi connectivity index (χ2n) is 6.26. The average Bonchev–Trinajstić information content (AvgIpc) is 3.34. The molecule has 0 saturated carbocycles. The van der Waals surface area contributed by atoms with Crippen molar-refractivity contribution in [2.75, 3.05) is 13.1 Å². The highest BCUT2D eigenvalue weighted by atomic mass is 32.1.